The molecule has 11 rings (SSSR count). The number of benzene rings is 9. The summed E-state index contributed by atoms with van der Waals surface area (Å²) in [6.45, 7) is 4.72. The molecule has 0 N–H and O–H groups in total. The highest BCUT2D eigenvalue weighted by Gasteiger charge is 2.36. The average molecular weight is 779 g/mol. The van der Waals surface area contributed by atoms with Crippen LogP contribution in [-0.2, 0) is 5.41 Å². The molecular weight excluding hydrogens is 737 g/mol. The van der Waals surface area contributed by atoms with Gasteiger partial charge >= 0.3 is 0 Å². The summed E-state index contributed by atoms with van der Waals surface area (Å²) in [6, 6.07) is 78.7. The molecule has 0 radical (unpaired) electrons. The van der Waals surface area contributed by atoms with Gasteiger partial charge in [-0.2, -0.15) is 0 Å². The van der Waals surface area contributed by atoms with E-state index in [9.17, 15) is 0 Å². The van der Waals surface area contributed by atoms with Gasteiger partial charge in [0.25, 0.3) is 0 Å². The number of rotatable bonds is 7. The molecule has 0 unspecified atom stereocenters. The molecule has 0 atom stereocenters. The predicted octanol–water partition coefficient (Wildman–Crippen LogP) is 15.6. The molecule has 1 aliphatic rings. The summed E-state index contributed by atoms with van der Waals surface area (Å²) in [5.74, 6) is 0.695. The van der Waals surface area contributed by atoms with Gasteiger partial charge in [0.15, 0.2) is 5.82 Å². The van der Waals surface area contributed by atoms with Gasteiger partial charge < -0.3 is 0 Å². The van der Waals surface area contributed by atoms with Gasteiger partial charge in [0.05, 0.1) is 11.4 Å². The minimum atomic E-state index is -0.119. The van der Waals surface area contributed by atoms with Gasteiger partial charge in [-0.05, 0) is 114 Å². The highest BCUT2D eigenvalue weighted by molar-refractivity contribution is 5.96. The Morgan fingerprint density at radius 1 is 0.279 bits per heavy atom. The number of hydrogen-bond acceptors (Lipinski definition) is 2. The molecule has 0 fully saturated rings. The standard InChI is InChI=1S/C59H42N2/c1-59(2)54-26-12-11-25-50(54)53-36-51(48-32-29-40-17-9-10-20-44(40)33-48)52(37-55(53)59)47-23-13-21-45(34-47)46-22-14-24-49(35-46)58-60-56(42-18-7-4-8-19-42)38-57(61-58)43-30-27-41(28-31-43)39-15-5-3-6-16-39/h3-38H,1-2H3. The molecule has 1 aromatic heterocycles. The van der Waals surface area contributed by atoms with Crippen LogP contribution in [0.4, 0.5) is 0 Å². The predicted molar refractivity (Wildman–Crippen MR) is 255 cm³/mol. The van der Waals surface area contributed by atoms with Crippen molar-refractivity contribution in [2.75, 3.05) is 0 Å². The van der Waals surface area contributed by atoms with Crippen LogP contribution in [0.1, 0.15) is 25.0 Å². The SMILES string of the molecule is CC1(C)c2ccccc2-c2cc(-c3ccc4ccccc4c3)c(-c3cccc(-c4cccc(-c5nc(-c6ccccc6)cc(-c6ccc(-c7ccccc7)cc6)n5)c4)c3)cc21. The van der Waals surface area contributed by atoms with Gasteiger partial charge in [-0.15, -0.1) is 0 Å². The lowest BCUT2D eigenvalue weighted by molar-refractivity contribution is 0.660. The molecule has 61 heavy (non-hydrogen) atoms. The maximum atomic E-state index is 5.22. The molecule has 2 heteroatoms. The lowest BCUT2D eigenvalue weighted by Gasteiger charge is -2.23. The van der Waals surface area contributed by atoms with E-state index in [1.807, 2.05) is 12.1 Å². The van der Waals surface area contributed by atoms with Crippen LogP contribution in [0.25, 0.3) is 100 Å². The Kier molecular flexibility index (Phi) is 8.86. The maximum absolute atomic E-state index is 5.22. The quantitative estimate of drug-likeness (QED) is 0.161. The van der Waals surface area contributed by atoms with Crippen LogP contribution in [0, 0.1) is 0 Å². The van der Waals surface area contributed by atoms with E-state index in [1.165, 1.54) is 66.4 Å². The fraction of sp³-hybridized carbons (Fsp3) is 0.0508. The lowest BCUT2D eigenvalue weighted by atomic mass is 9.80. The summed E-state index contributed by atoms with van der Waals surface area (Å²) in [6.07, 6.45) is 0. The molecule has 0 bridgehead atoms. The third kappa shape index (κ3) is 6.63. The van der Waals surface area contributed by atoms with E-state index in [-0.39, 0.29) is 5.41 Å². The van der Waals surface area contributed by atoms with Crippen LogP contribution in [0.15, 0.2) is 218 Å². The molecule has 0 saturated carbocycles. The van der Waals surface area contributed by atoms with Crippen LogP contribution >= 0.6 is 0 Å². The maximum Gasteiger partial charge on any atom is 0.160 e. The van der Waals surface area contributed by atoms with Crippen molar-refractivity contribution in [1.29, 1.82) is 0 Å². The van der Waals surface area contributed by atoms with Crippen molar-refractivity contribution in [2.24, 2.45) is 0 Å². The molecule has 0 saturated heterocycles. The van der Waals surface area contributed by atoms with Gasteiger partial charge in [-0.1, -0.05) is 196 Å². The van der Waals surface area contributed by atoms with Gasteiger partial charge in [0, 0.05) is 22.1 Å². The smallest absolute Gasteiger partial charge is 0.160 e. The first-order valence-electron chi connectivity index (χ1n) is 21.1. The number of nitrogens with zero attached hydrogens (tertiary/aromatic N) is 2. The zero-order valence-corrected chi connectivity index (χ0v) is 34.2. The van der Waals surface area contributed by atoms with E-state index < -0.39 is 0 Å². The Hall–Kier alpha value is -7.68. The van der Waals surface area contributed by atoms with Crippen molar-refractivity contribution in [3.63, 3.8) is 0 Å². The Balaban J connectivity index is 1.02. The molecular formula is C59H42N2. The highest BCUT2D eigenvalue weighted by Crippen LogP contribution is 2.52. The van der Waals surface area contributed by atoms with Gasteiger partial charge in [0.1, 0.15) is 0 Å². The topological polar surface area (TPSA) is 25.8 Å². The third-order valence-corrected chi connectivity index (χ3v) is 12.5. The van der Waals surface area contributed by atoms with Crippen LogP contribution in [0.3, 0.4) is 0 Å². The van der Waals surface area contributed by atoms with E-state index in [2.05, 4.69) is 220 Å². The molecule has 9 aromatic carbocycles. The Bertz CT molecular complexity index is 3250. The monoisotopic (exact) mass is 778 g/mol. The summed E-state index contributed by atoms with van der Waals surface area (Å²) in [5, 5.41) is 2.48. The fourth-order valence-corrected chi connectivity index (χ4v) is 9.23. The molecule has 1 heterocycles. The Labute approximate surface area is 357 Å². The van der Waals surface area contributed by atoms with E-state index in [0.717, 1.165) is 39.2 Å². The van der Waals surface area contributed by atoms with Crippen molar-refractivity contribution < 1.29 is 0 Å². The summed E-state index contributed by atoms with van der Waals surface area (Å²) in [4.78, 5) is 10.4. The van der Waals surface area contributed by atoms with Crippen molar-refractivity contribution in [3.8, 4) is 89.5 Å². The first kappa shape index (κ1) is 36.4. The third-order valence-electron chi connectivity index (χ3n) is 12.5. The number of fused-ring (bicyclic) bond motifs is 4. The van der Waals surface area contributed by atoms with Crippen LogP contribution in [0.5, 0.6) is 0 Å². The lowest BCUT2D eigenvalue weighted by Crippen LogP contribution is -2.15. The minimum absolute atomic E-state index is 0.119. The second kappa shape index (κ2) is 14.9. The van der Waals surface area contributed by atoms with E-state index in [1.54, 1.807) is 0 Å². The molecule has 0 amide bonds. The van der Waals surface area contributed by atoms with Crippen LogP contribution in [-0.4, -0.2) is 9.97 Å². The molecule has 1 aliphatic carbocycles. The summed E-state index contributed by atoms with van der Waals surface area (Å²) < 4.78 is 0. The first-order chi connectivity index (χ1) is 30.0. The normalized spacial score (nSPS) is 12.6. The van der Waals surface area contributed by atoms with Gasteiger partial charge in [-0.25, -0.2) is 9.97 Å². The summed E-state index contributed by atoms with van der Waals surface area (Å²) in [7, 11) is 0. The van der Waals surface area contributed by atoms with Crippen LogP contribution < -0.4 is 0 Å². The Morgan fingerprint density at radius 3 is 1.51 bits per heavy atom. The van der Waals surface area contributed by atoms with E-state index >= 15 is 0 Å². The average Bonchev–Trinajstić information content (AvgIpc) is 3.56. The molecule has 0 spiro atoms. The minimum Gasteiger partial charge on any atom is -0.228 e. The van der Waals surface area contributed by atoms with Crippen molar-refractivity contribution in [2.45, 2.75) is 19.3 Å². The van der Waals surface area contributed by atoms with Crippen molar-refractivity contribution in [3.05, 3.63) is 230 Å². The van der Waals surface area contributed by atoms with E-state index in [0.29, 0.717) is 5.82 Å². The van der Waals surface area contributed by atoms with Gasteiger partial charge in [-0.3, -0.25) is 0 Å². The second-order valence-corrected chi connectivity index (χ2v) is 16.6. The molecule has 10 aromatic rings. The molecule has 0 aliphatic heterocycles. The highest BCUT2D eigenvalue weighted by atomic mass is 14.9. The largest absolute Gasteiger partial charge is 0.228 e. The fourth-order valence-electron chi connectivity index (χ4n) is 9.23. The van der Waals surface area contributed by atoms with E-state index in [4.69, 9.17) is 9.97 Å². The summed E-state index contributed by atoms with van der Waals surface area (Å²) in [5.41, 5.74) is 19.6. The molecule has 2 nitrogen and oxygen atoms in total. The zero-order valence-electron chi connectivity index (χ0n) is 34.2. The number of hydrogen-bond donors (Lipinski definition) is 0. The zero-order chi connectivity index (χ0) is 40.9. The Morgan fingerprint density at radius 2 is 0.770 bits per heavy atom. The van der Waals surface area contributed by atoms with Crippen molar-refractivity contribution in [1.82, 2.24) is 9.97 Å². The first-order valence-corrected chi connectivity index (χ1v) is 21.1. The summed E-state index contributed by atoms with van der Waals surface area (Å²) >= 11 is 0. The van der Waals surface area contributed by atoms with Crippen LogP contribution in [0.2, 0.25) is 0 Å². The van der Waals surface area contributed by atoms with Gasteiger partial charge in [0.2, 0.25) is 0 Å². The number of aromatic nitrogens is 2. The second-order valence-electron chi connectivity index (χ2n) is 16.6. The molecule has 288 valence electrons. The van der Waals surface area contributed by atoms with Crippen molar-refractivity contribution >= 4 is 10.8 Å².